The van der Waals surface area contributed by atoms with E-state index in [1.807, 2.05) is 42.9 Å². The lowest BCUT2D eigenvalue weighted by Crippen LogP contribution is -2.44. The number of piperazine rings is 1. The summed E-state index contributed by atoms with van der Waals surface area (Å²) in [6.07, 6.45) is 5.19. The van der Waals surface area contributed by atoms with Crippen LogP contribution >= 0.6 is 0 Å². The first-order valence-electron chi connectivity index (χ1n) is 11.3. The minimum atomic E-state index is -0.296. The van der Waals surface area contributed by atoms with Crippen molar-refractivity contribution in [2.24, 2.45) is 7.05 Å². The Morgan fingerprint density at radius 2 is 1.76 bits per heavy atom. The summed E-state index contributed by atoms with van der Waals surface area (Å²) in [5, 5.41) is 4.92. The van der Waals surface area contributed by atoms with Crippen molar-refractivity contribution in [3.8, 4) is 11.3 Å². The van der Waals surface area contributed by atoms with Crippen LogP contribution in [-0.2, 0) is 7.05 Å². The number of benzene rings is 1. The molecule has 0 bridgehead atoms. The van der Waals surface area contributed by atoms with Crippen LogP contribution < -0.4 is 10.2 Å². The Morgan fingerprint density at radius 1 is 0.971 bits per heavy atom. The van der Waals surface area contributed by atoms with Gasteiger partial charge in [0.25, 0.3) is 0 Å². The summed E-state index contributed by atoms with van der Waals surface area (Å²) in [6.45, 7) is 10.1. The summed E-state index contributed by atoms with van der Waals surface area (Å²) in [4.78, 5) is 17.9. The number of likely N-dealkylation sites (N-methyl/N-ethyl adjacent to an activating group) is 1. The van der Waals surface area contributed by atoms with Gasteiger partial charge in [0, 0.05) is 67.8 Å². The summed E-state index contributed by atoms with van der Waals surface area (Å²) in [7, 11) is 4.02. The highest BCUT2D eigenvalue weighted by Crippen LogP contribution is 2.29. The number of imidazole rings is 1. The van der Waals surface area contributed by atoms with E-state index in [1.165, 1.54) is 6.07 Å². The van der Waals surface area contributed by atoms with Gasteiger partial charge in [-0.3, -0.25) is 0 Å². The Hall–Kier alpha value is -3.78. The topological polar surface area (TPSA) is 62.1 Å². The number of anilines is 2. The van der Waals surface area contributed by atoms with E-state index in [1.54, 1.807) is 12.4 Å². The molecule has 1 N–H and O–H groups in total. The molecule has 5 rings (SSSR count). The summed E-state index contributed by atoms with van der Waals surface area (Å²) in [6, 6.07) is 9.27. The van der Waals surface area contributed by atoms with E-state index in [9.17, 15) is 4.39 Å². The fourth-order valence-corrected chi connectivity index (χ4v) is 4.22. The Balaban J connectivity index is 1.39. The molecule has 0 radical (unpaired) electrons. The predicted octanol–water partition coefficient (Wildman–Crippen LogP) is 4.31. The van der Waals surface area contributed by atoms with Gasteiger partial charge in [-0.25, -0.2) is 19.3 Å². The summed E-state index contributed by atoms with van der Waals surface area (Å²) < 4.78 is 16.7. The van der Waals surface area contributed by atoms with Crippen molar-refractivity contribution in [2.75, 3.05) is 43.4 Å². The highest BCUT2D eigenvalue weighted by molar-refractivity contribution is 5.89. The molecule has 0 unspecified atom stereocenters. The number of nitrogens with one attached hydrogen (secondary N) is 1. The normalized spacial score (nSPS) is 14.5. The molecule has 3 aromatic heterocycles. The lowest BCUT2D eigenvalue weighted by atomic mass is 10.1. The maximum atomic E-state index is 14.8. The quantitative estimate of drug-likeness (QED) is 0.482. The SMILES string of the molecule is C=C(Nc1cc2cc(-c3cnc(C)n3C)c(F)cc2cn1)c1ccnc(N2CCN(C)CC2)c1. The second-order valence-corrected chi connectivity index (χ2v) is 8.80. The smallest absolute Gasteiger partial charge is 0.133 e. The fraction of sp³-hybridized carbons (Fsp3) is 0.269. The van der Waals surface area contributed by atoms with Gasteiger partial charge in [0.15, 0.2) is 0 Å². The van der Waals surface area contributed by atoms with Gasteiger partial charge in [-0.05, 0) is 49.7 Å². The maximum absolute atomic E-state index is 14.8. The van der Waals surface area contributed by atoms with Crippen molar-refractivity contribution >= 4 is 28.1 Å². The van der Waals surface area contributed by atoms with E-state index in [0.29, 0.717) is 11.4 Å². The molecule has 1 aliphatic heterocycles. The second-order valence-electron chi connectivity index (χ2n) is 8.80. The molecule has 1 saturated heterocycles. The van der Waals surface area contributed by atoms with Gasteiger partial charge in [-0.2, -0.15) is 0 Å². The van der Waals surface area contributed by atoms with Crippen LogP contribution in [0, 0.1) is 12.7 Å². The van der Waals surface area contributed by atoms with Crippen molar-refractivity contribution in [2.45, 2.75) is 6.92 Å². The van der Waals surface area contributed by atoms with Crippen molar-refractivity contribution in [3.05, 3.63) is 72.7 Å². The van der Waals surface area contributed by atoms with Crippen LogP contribution in [0.25, 0.3) is 27.7 Å². The summed E-state index contributed by atoms with van der Waals surface area (Å²) in [5.41, 5.74) is 2.93. The van der Waals surface area contributed by atoms with Crippen molar-refractivity contribution in [3.63, 3.8) is 0 Å². The van der Waals surface area contributed by atoms with Crippen LogP contribution in [0.4, 0.5) is 16.0 Å². The van der Waals surface area contributed by atoms with Gasteiger partial charge >= 0.3 is 0 Å². The Kier molecular flexibility index (Phi) is 5.75. The molecule has 1 aliphatic rings. The average Bonchev–Trinajstić information content (AvgIpc) is 3.17. The lowest BCUT2D eigenvalue weighted by Gasteiger charge is -2.33. The number of fused-ring (bicyclic) bond motifs is 1. The van der Waals surface area contributed by atoms with E-state index in [2.05, 4.69) is 49.8 Å². The molecule has 0 amide bonds. The van der Waals surface area contributed by atoms with Gasteiger partial charge in [0.2, 0.25) is 0 Å². The lowest BCUT2D eigenvalue weighted by molar-refractivity contribution is 0.312. The van der Waals surface area contributed by atoms with Gasteiger partial charge in [-0.1, -0.05) is 6.58 Å². The predicted molar refractivity (Wildman–Crippen MR) is 135 cm³/mol. The third-order valence-corrected chi connectivity index (χ3v) is 6.50. The number of nitrogens with zero attached hydrogens (tertiary/aromatic N) is 6. The molecule has 0 atom stereocenters. The molecule has 7 nitrogen and oxygen atoms in total. The monoisotopic (exact) mass is 457 g/mol. The molecular weight excluding hydrogens is 429 g/mol. The van der Waals surface area contributed by atoms with Crippen LogP contribution in [0.5, 0.6) is 0 Å². The zero-order valence-corrected chi connectivity index (χ0v) is 19.7. The van der Waals surface area contributed by atoms with E-state index < -0.39 is 0 Å². The molecule has 0 aliphatic carbocycles. The molecule has 1 fully saturated rings. The molecule has 174 valence electrons. The number of aromatic nitrogens is 4. The first-order chi connectivity index (χ1) is 16.4. The van der Waals surface area contributed by atoms with E-state index in [0.717, 1.165) is 65.5 Å². The van der Waals surface area contributed by atoms with Crippen molar-refractivity contribution in [1.29, 1.82) is 0 Å². The van der Waals surface area contributed by atoms with Crippen LogP contribution in [0.15, 0.2) is 55.5 Å². The van der Waals surface area contributed by atoms with Gasteiger partial charge in [0.05, 0.1) is 11.9 Å². The highest BCUT2D eigenvalue weighted by Gasteiger charge is 2.16. The second kappa shape index (κ2) is 8.87. The van der Waals surface area contributed by atoms with Crippen LogP contribution in [0.3, 0.4) is 0 Å². The molecule has 8 heteroatoms. The number of halogens is 1. The third kappa shape index (κ3) is 4.24. The summed E-state index contributed by atoms with van der Waals surface area (Å²) in [5.74, 6) is 2.13. The van der Waals surface area contributed by atoms with E-state index in [-0.39, 0.29) is 5.82 Å². The fourth-order valence-electron chi connectivity index (χ4n) is 4.22. The molecule has 4 aromatic rings. The zero-order chi connectivity index (χ0) is 23.8. The van der Waals surface area contributed by atoms with Gasteiger partial charge in [0.1, 0.15) is 23.3 Å². The number of rotatable bonds is 5. The summed E-state index contributed by atoms with van der Waals surface area (Å²) >= 11 is 0. The minimum Gasteiger partial charge on any atom is -0.354 e. The van der Waals surface area contributed by atoms with Crippen LogP contribution in [0.1, 0.15) is 11.4 Å². The first kappa shape index (κ1) is 22.0. The average molecular weight is 458 g/mol. The zero-order valence-electron chi connectivity index (χ0n) is 19.7. The Morgan fingerprint density at radius 3 is 2.50 bits per heavy atom. The van der Waals surface area contributed by atoms with Crippen molar-refractivity contribution < 1.29 is 4.39 Å². The number of hydrogen-bond acceptors (Lipinski definition) is 6. The first-order valence-corrected chi connectivity index (χ1v) is 11.3. The van der Waals surface area contributed by atoms with E-state index in [4.69, 9.17) is 0 Å². The van der Waals surface area contributed by atoms with Crippen LogP contribution in [0.2, 0.25) is 0 Å². The highest BCUT2D eigenvalue weighted by atomic mass is 19.1. The molecule has 0 saturated carbocycles. The molecule has 4 heterocycles. The Labute approximate surface area is 198 Å². The van der Waals surface area contributed by atoms with Gasteiger partial charge in [-0.15, -0.1) is 0 Å². The van der Waals surface area contributed by atoms with Gasteiger partial charge < -0.3 is 19.7 Å². The van der Waals surface area contributed by atoms with E-state index >= 15 is 0 Å². The molecule has 1 aromatic carbocycles. The van der Waals surface area contributed by atoms with Crippen LogP contribution in [-0.4, -0.2) is 57.6 Å². The number of hydrogen-bond donors (Lipinski definition) is 1. The minimum absolute atomic E-state index is 0.296. The number of aryl methyl sites for hydroxylation is 1. The standard InChI is InChI=1S/C26H28FN7/c1-17(19-5-6-28-26(14-19)34-9-7-32(3)8-10-34)31-25-13-20-11-22(23(27)12-21(20)15-30-25)24-16-29-18(2)33(24)4/h5-6,11-16H,1,7-10H2,2-4H3,(H,30,31). The molecular formula is C26H28FN7. The third-order valence-electron chi connectivity index (χ3n) is 6.50. The molecule has 34 heavy (non-hydrogen) atoms. The Bertz CT molecular complexity index is 1370. The largest absolute Gasteiger partial charge is 0.354 e. The molecule has 0 spiro atoms. The van der Waals surface area contributed by atoms with Crippen molar-refractivity contribution in [1.82, 2.24) is 24.4 Å². The number of pyridine rings is 2. The maximum Gasteiger partial charge on any atom is 0.133 e.